The minimum absolute atomic E-state index is 0.123. The molecule has 1 aromatic carbocycles. The van der Waals surface area contributed by atoms with Crippen molar-refractivity contribution in [3.8, 4) is 0 Å². The van der Waals surface area contributed by atoms with Crippen molar-refractivity contribution >= 4 is 21.5 Å². The lowest BCUT2D eigenvalue weighted by Gasteiger charge is -2.10. The van der Waals surface area contributed by atoms with E-state index in [9.17, 15) is 23.3 Å². The Bertz CT molecular complexity index is 563. The van der Waals surface area contributed by atoms with Crippen LogP contribution >= 0.6 is 0 Å². The Hall–Kier alpha value is -1.96. The fourth-order valence-corrected chi connectivity index (χ4v) is 2.69. The molecule has 0 spiro atoms. The van der Waals surface area contributed by atoms with E-state index in [-0.39, 0.29) is 10.6 Å². The Labute approximate surface area is 103 Å². The van der Waals surface area contributed by atoms with Crippen molar-refractivity contribution in [2.45, 2.75) is 23.5 Å². The van der Waals surface area contributed by atoms with Gasteiger partial charge < -0.3 is 5.11 Å². The van der Waals surface area contributed by atoms with E-state index in [2.05, 4.69) is 0 Å². The lowest BCUT2D eigenvalue weighted by Crippen LogP contribution is -2.21. The summed E-state index contributed by atoms with van der Waals surface area (Å²) in [6.45, 7) is 1.28. The zero-order valence-corrected chi connectivity index (χ0v) is 10.3. The van der Waals surface area contributed by atoms with Gasteiger partial charge in [-0.15, -0.1) is 0 Å². The molecule has 0 radical (unpaired) electrons. The van der Waals surface area contributed by atoms with Gasteiger partial charge in [0.15, 0.2) is 9.84 Å². The number of sulfone groups is 1. The second kappa shape index (κ2) is 5.13. The molecule has 0 saturated heterocycles. The molecule has 1 N–H and O–H groups in total. The molecule has 0 aliphatic heterocycles. The van der Waals surface area contributed by atoms with Crippen LogP contribution in [0.3, 0.4) is 0 Å². The van der Waals surface area contributed by atoms with Gasteiger partial charge in [0.1, 0.15) is 0 Å². The minimum atomic E-state index is -3.78. The number of nitro groups is 1. The monoisotopic (exact) mass is 273 g/mol. The Morgan fingerprint density at radius 1 is 1.39 bits per heavy atom. The lowest BCUT2D eigenvalue weighted by molar-refractivity contribution is -0.384. The second-order valence-electron chi connectivity index (χ2n) is 3.70. The number of carbonyl (C=O) groups is 1. The van der Waals surface area contributed by atoms with Crippen molar-refractivity contribution in [1.29, 1.82) is 0 Å². The van der Waals surface area contributed by atoms with Crippen LogP contribution in [-0.2, 0) is 14.6 Å². The first-order chi connectivity index (χ1) is 8.25. The molecule has 0 aromatic heterocycles. The predicted molar refractivity (Wildman–Crippen MR) is 62.0 cm³/mol. The number of benzene rings is 1. The fraction of sp³-hybridized carbons (Fsp3) is 0.300. The van der Waals surface area contributed by atoms with Crippen molar-refractivity contribution in [1.82, 2.24) is 0 Å². The third-order valence-corrected chi connectivity index (χ3v) is 4.52. The molecule has 1 rings (SSSR count). The summed E-state index contributed by atoms with van der Waals surface area (Å²) in [6, 6.07) is 4.35. The van der Waals surface area contributed by atoms with Crippen molar-refractivity contribution in [3.05, 3.63) is 34.4 Å². The van der Waals surface area contributed by atoms with Crippen LogP contribution in [0, 0.1) is 10.1 Å². The summed E-state index contributed by atoms with van der Waals surface area (Å²) in [4.78, 5) is 20.1. The zero-order valence-electron chi connectivity index (χ0n) is 9.44. The molecule has 7 nitrogen and oxygen atoms in total. The number of nitro benzene ring substituents is 1. The molecule has 1 aromatic rings. The summed E-state index contributed by atoms with van der Waals surface area (Å²) in [5.74, 6) is -1.21. The van der Waals surface area contributed by atoms with E-state index in [0.29, 0.717) is 0 Å². The SMILES string of the molecule is CC(CC(=O)O)S(=O)(=O)c1ccc([N+](=O)[O-])cc1. The van der Waals surface area contributed by atoms with E-state index in [1.54, 1.807) is 0 Å². The Kier molecular flexibility index (Phi) is 4.02. The molecule has 0 aliphatic carbocycles. The van der Waals surface area contributed by atoms with Crippen molar-refractivity contribution < 1.29 is 23.2 Å². The number of nitrogens with zero attached hydrogens (tertiary/aromatic N) is 1. The van der Waals surface area contributed by atoms with Gasteiger partial charge in [0.25, 0.3) is 5.69 Å². The highest BCUT2D eigenvalue weighted by Gasteiger charge is 2.25. The summed E-state index contributed by atoms with van der Waals surface area (Å²) < 4.78 is 23.8. The molecule has 1 atom stereocenters. The highest BCUT2D eigenvalue weighted by atomic mass is 32.2. The molecule has 0 aliphatic rings. The maximum absolute atomic E-state index is 11.9. The number of rotatable bonds is 5. The molecule has 1 unspecified atom stereocenters. The van der Waals surface area contributed by atoms with Crippen LogP contribution in [0.15, 0.2) is 29.2 Å². The normalized spacial score (nSPS) is 12.9. The first-order valence-electron chi connectivity index (χ1n) is 4.95. The maximum atomic E-state index is 11.9. The van der Waals surface area contributed by atoms with Gasteiger partial charge in [-0.05, 0) is 19.1 Å². The van der Waals surface area contributed by atoms with Gasteiger partial charge in [0.2, 0.25) is 0 Å². The van der Waals surface area contributed by atoms with Crippen LogP contribution in [0.1, 0.15) is 13.3 Å². The molecule has 0 bridgehead atoms. The first kappa shape index (κ1) is 14.1. The number of non-ortho nitro benzene ring substituents is 1. The van der Waals surface area contributed by atoms with Crippen molar-refractivity contribution in [3.63, 3.8) is 0 Å². The molecule has 0 saturated carbocycles. The standard InChI is InChI=1S/C10H11NO6S/c1-7(6-10(12)13)18(16,17)9-4-2-8(3-5-9)11(14)15/h2-5,7H,6H2,1H3,(H,12,13). The van der Waals surface area contributed by atoms with Gasteiger partial charge in [-0.1, -0.05) is 0 Å². The zero-order chi connectivity index (χ0) is 13.9. The molecular formula is C10H11NO6S. The van der Waals surface area contributed by atoms with E-state index in [1.165, 1.54) is 6.92 Å². The number of hydrogen-bond acceptors (Lipinski definition) is 5. The summed E-state index contributed by atoms with van der Waals surface area (Å²) in [5, 5.41) is 17.9. The van der Waals surface area contributed by atoms with Gasteiger partial charge in [-0.25, -0.2) is 8.42 Å². The van der Waals surface area contributed by atoms with Crippen LogP contribution in [0.5, 0.6) is 0 Å². The average Bonchev–Trinajstić information content (AvgIpc) is 2.28. The third-order valence-electron chi connectivity index (χ3n) is 2.37. The highest BCUT2D eigenvalue weighted by Crippen LogP contribution is 2.21. The average molecular weight is 273 g/mol. The van der Waals surface area contributed by atoms with Crippen LogP contribution in [0.4, 0.5) is 5.69 Å². The smallest absolute Gasteiger partial charge is 0.304 e. The Morgan fingerprint density at radius 2 is 1.89 bits per heavy atom. The molecular weight excluding hydrogens is 262 g/mol. The van der Waals surface area contributed by atoms with Crippen LogP contribution in [0.2, 0.25) is 0 Å². The van der Waals surface area contributed by atoms with E-state index in [4.69, 9.17) is 5.11 Å². The summed E-state index contributed by atoms with van der Waals surface area (Å²) in [6.07, 6.45) is -0.515. The highest BCUT2D eigenvalue weighted by molar-refractivity contribution is 7.92. The third kappa shape index (κ3) is 3.04. The quantitative estimate of drug-likeness (QED) is 0.637. The van der Waals surface area contributed by atoms with Gasteiger partial charge in [-0.2, -0.15) is 0 Å². The van der Waals surface area contributed by atoms with Crippen LogP contribution < -0.4 is 0 Å². The first-order valence-corrected chi connectivity index (χ1v) is 6.50. The predicted octanol–water partition coefficient (Wildman–Crippen LogP) is 1.23. The molecule has 0 fully saturated rings. The van der Waals surface area contributed by atoms with Crippen LogP contribution in [0.25, 0.3) is 0 Å². The number of hydrogen-bond donors (Lipinski definition) is 1. The van der Waals surface area contributed by atoms with E-state index in [0.717, 1.165) is 24.3 Å². The summed E-state index contributed by atoms with van der Waals surface area (Å²) in [7, 11) is -3.78. The fourth-order valence-electron chi connectivity index (χ4n) is 1.35. The largest absolute Gasteiger partial charge is 0.481 e. The van der Waals surface area contributed by atoms with E-state index in [1.807, 2.05) is 0 Å². The summed E-state index contributed by atoms with van der Waals surface area (Å²) >= 11 is 0. The minimum Gasteiger partial charge on any atom is -0.481 e. The Morgan fingerprint density at radius 3 is 2.28 bits per heavy atom. The second-order valence-corrected chi connectivity index (χ2v) is 6.07. The topological polar surface area (TPSA) is 115 Å². The van der Waals surface area contributed by atoms with Gasteiger partial charge in [-0.3, -0.25) is 14.9 Å². The lowest BCUT2D eigenvalue weighted by atomic mass is 10.3. The van der Waals surface area contributed by atoms with Crippen LogP contribution in [-0.4, -0.2) is 29.7 Å². The number of aliphatic carboxylic acids is 1. The Balaban J connectivity index is 3.05. The van der Waals surface area contributed by atoms with Gasteiger partial charge in [0, 0.05) is 12.1 Å². The van der Waals surface area contributed by atoms with E-state index >= 15 is 0 Å². The maximum Gasteiger partial charge on any atom is 0.304 e. The van der Waals surface area contributed by atoms with Crippen molar-refractivity contribution in [2.75, 3.05) is 0 Å². The molecule has 18 heavy (non-hydrogen) atoms. The van der Waals surface area contributed by atoms with E-state index < -0.39 is 32.4 Å². The van der Waals surface area contributed by atoms with Gasteiger partial charge >= 0.3 is 5.97 Å². The molecule has 8 heteroatoms. The molecule has 0 heterocycles. The molecule has 0 amide bonds. The van der Waals surface area contributed by atoms with Crippen molar-refractivity contribution in [2.24, 2.45) is 0 Å². The number of carboxylic acids is 1. The molecule has 98 valence electrons. The summed E-state index contributed by atoms with van der Waals surface area (Å²) in [5.41, 5.74) is -0.222. The van der Waals surface area contributed by atoms with Gasteiger partial charge in [0.05, 0.1) is 21.5 Å². The number of carboxylic acid groups (broad SMARTS) is 1.